The molecule has 9 heteroatoms. The van der Waals surface area contributed by atoms with Gasteiger partial charge in [0, 0.05) is 29.1 Å². The summed E-state index contributed by atoms with van der Waals surface area (Å²) in [6.07, 6.45) is 0.786. The molecule has 34 heavy (non-hydrogen) atoms. The summed E-state index contributed by atoms with van der Waals surface area (Å²) in [6.45, 7) is 3.97. The van der Waals surface area contributed by atoms with Crippen LogP contribution >= 0.6 is 0 Å². The van der Waals surface area contributed by atoms with E-state index in [1.807, 2.05) is 0 Å². The number of ether oxygens (including phenoxy) is 1. The Balaban J connectivity index is 1.71. The van der Waals surface area contributed by atoms with Crippen LogP contribution in [0.2, 0.25) is 0 Å². The molecule has 1 atom stereocenters. The fourth-order valence-corrected chi connectivity index (χ4v) is 4.75. The lowest BCUT2D eigenvalue weighted by molar-refractivity contribution is -0.129. The van der Waals surface area contributed by atoms with E-state index < -0.39 is 6.10 Å². The number of nitrogens with zero attached hydrogens (tertiary/aromatic N) is 2. The Morgan fingerprint density at radius 3 is 2.74 bits per heavy atom. The van der Waals surface area contributed by atoms with Crippen LogP contribution in [0, 0.1) is 12.7 Å². The van der Waals surface area contributed by atoms with Gasteiger partial charge in [0.05, 0.1) is 41.7 Å². The monoisotopic (exact) mass is 467 g/mol. The number of carbonyl (C=O) groups excluding carboxylic acids is 1. The van der Waals surface area contributed by atoms with Crippen molar-refractivity contribution in [1.29, 1.82) is 0 Å². The number of benzene rings is 1. The summed E-state index contributed by atoms with van der Waals surface area (Å²) >= 11 is 0. The largest absolute Gasteiger partial charge is 0.463 e. The van der Waals surface area contributed by atoms with Crippen LogP contribution in [0.15, 0.2) is 23.0 Å². The molecule has 178 valence electrons. The van der Waals surface area contributed by atoms with Gasteiger partial charge >= 0.3 is 0 Å². The van der Waals surface area contributed by atoms with Crippen molar-refractivity contribution in [2.75, 3.05) is 6.61 Å². The predicted octanol–water partition coefficient (Wildman–Crippen LogP) is 2.21. The summed E-state index contributed by atoms with van der Waals surface area (Å²) in [5, 5.41) is 24.3. The summed E-state index contributed by atoms with van der Waals surface area (Å²) in [5.74, 6) is -0.366. The second-order valence-electron chi connectivity index (χ2n) is 9.27. The molecular weight excluding hydrogens is 441 g/mol. The molecule has 2 aliphatic rings. The number of aromatic nitrogens is 2. The number of carbonyl (C=O) groups is 1. The van der Waals surface area contributed by atoms with Crippen LogP contribution in [0.25, 0.3) is 22.3 Å². The van der Waals surface area contributed by atoms with E-state index in [0.717, 1.165) is 29.4 Å². The number of hydrogen-bond acceptors (Lipinski definition) is 7. The number of aliphatic hydroxyl groups is 2. The van der Waals surface area contributed by atoms with Gasteiger partial charge in [0.2, 0.25) is 0 Å². The molecule has 0 amide bonds. The fourth-order valence-electron chi connectivity index (χ4n) is 4.75. The molecule has 1 aliphatic carbocycles. The van der Waals surface area contributed by atoms with Gasteiger partial charge in [0.25, 0.3) is 12.0 Å². The molecule has 0 spiro atoms. The Labute approximate surface area is 195 Å². The van der Waals surface area contributed by atoms with Gasteiger partial charge in [-0.3, -0.25) is 9.59 Å². The van der Waals surface area contributed by atoms with Crippen molar-refractivity contribution in [1.82, 2.24) is 14.9 Å². The quantitative estimate of drug-likeness (QED) is 0.341. The lowest BCUT2D eigenvalue weighted by atomic mass is 9.98. The zero-order valence-electron chi connectivity index (χ0n) is 19.0. The number of aryl methyl sites for hydroxylation is 1. The first-order valence-corrected chi connectivity index (χ1v) is 11.3. The lowest BCUT2D eigenvalue weighted by Crippen LogP contribution is -2.34. The van der Waals surface area contributed by atoms with Gasteiger partial charge in [0.1, 0.15) is 12.4 Å². The number of halogens is 1. The minimum Gasteiger partial charge on any atom is -0.463 e. The van der Waals surface area contributed by atoms with E-state index in [9.17, 15) is 24.2 Å². The van der Waals surface area contributed by atoms with Crippen molar-refractivity contribution < 1.29 is 24.1 Å². The number of hydrogen-bond donors (Lipinski definition) is 3. The third kappa shape index (κ3) is 3.60. The lowest BCUT2D eigenvalue weighted by Gasteiger charge is -2.18. The van der Waals surface area contributed by atoms with E-state index in [1.54, 1.807) is 23.6 Å². The first kappa shape index (κ1) is 22.6. The van der Waals surface area contributed by atoms with Crippen LogP contribution in [-0.2, 0) is 29.2 Å². The highest BCUT2D eigenvalue weighted by Gasteiger charge is 2.42. The molecular formula is C25H26FN3O5. The van der Waals surface area contributed by atoms with Crippen molar-refractivity contribution in [3.05, 3.63) is 62.2 Å². The van der Waals surface area contributed by atoms with Crippen molar-refractivity contribution in [3.8, 4) is 11.4 Å². The highest BCUT2D eigenvalue weighted by Crippen LogP contribution is 2.39. The van der Waals surface area contributed by atoms with Crippen LogP contribution < -0.4 is 10.9 Å². The summed E-state index contributed by atoms with van der Waals surface area (Å²) in [5.41, 5.74) is 3.68. The Morgan fingerprint density at radius 1 is 1.32 bits per heavy atom. The van der Waals surface area contributed by atoms with Crippen molar-refractivity contribution in [2.45, 2.75) is 58.0 Å². The maximum absolute atomic E-state index is 14.5. The van der Waals surface area contributed by atoms with E-state index in [2.05, 4.69) is 5.32 Å². The summed E-state index contributed by atoms with van der Waals surface area (Å²) in [6, 6.07) is 4.86. The molecule has 8 nitrogen and oxygen atoms in total. The molecule has 1 unspecified atom stereocenters. The minimum absolute atomic E-state index is 0.0311. The molecule has 1 fully saturated rings. The third-order valence-corrected chi connectivity index (χ3v) is 7.02. The second kappa shape index (κ2) is 8.26. The molecule has 1 aromatic carbocycles. The average molecular weight is 467 g/mol. The standard InChI is InChI=1S/C25H26FN3O5/c1-13-5-16-17(8-27-25(11-30)3-4-25)18-9-29-22(23(18)28-21(16)7-20(13)26)6-15(14(2)32)19(24(29)33)10-34-12-31/h5-7,12,14,27,30,32H,3-4,8-11H2,1-2H3. The van der Waals surface area contributed by atoms with Crippen LogP contribution in [0.4, 0.5) is 4.39 Å². The maximum Gasteiger partial charge on any atom is 0.293 e. The Hall–Kier alpha value is -3.14. The van der Waals surface area contributed by atoms with Crippen LogP contribution in [0.1, 0.15) is 53.7 Å². The van der Waals surface area contributed by atoms with Gasteiger partial charge in [-0.1, -0.05) is 0 Å². The van der Waals surface area contributed by atoms with E-state index in [0.29, 0.717) is 34.6 Å². The molecule has 2 aromatic heterocycles. The van der Waals surface area contributed by atoms with Gasteiger partial charge in [0.15, 0.2) is 0 Å². The molecule has 5 rings (SSSR count). The molecule has 0 saturated heterocycles. The van der Waals surface area contributed by atoms with E-state index in [-0.39, 0.29) is 48.7 Å². The summed E-state index contributed by atoms with van der Waals surface area (Å²) in [4.78, 5) is 28.8. The van der Waals surface area contributed by atoms with Crippen LogP contribution in [-0.4, -0.2) is 38.4 Å². The molecule has 1 aliphatic heterocycles. The highest BCUT2D eigenvalue weighted by atomic mass is 19.1. The summed E-state index contributed by atoms with van der Waals surface area (Å²) < 4.78 is 20.8. The average Bonchev–Trinajstić information content (AvgIpc) is 3.50. The highest BCUT2D eigenvalue weighted by molar-refractivity contribution is 5.88. The van der Waals surface area contributed by atoms with E-state index >= 15 is 0 Å². The number of nitrogens with one attached hydrogen (secondary N) is 1. The number of aliphatic hydroxyl groups excluding tert-OH is 2. The fraction of sp³-hybridized carbons (Fsp3) is 0.400. The number of rotatable bonds is 8. The van der Waals surface area contributed by atoms with E-state index in [1.165, 1.54) is 13.0 Å². The SMILES string of the molecule is Cc1cc2c(CNC3(CO)CC3)c3c(nc2cc1F)-c1cc(C(C)O)c(COC=O)c(=O)n1C3. The Bertz CT molecular complexity index is 1380. The minimum atomic E-state index is -0.964. The Morgan fingerprint density at radius 2 is 2.09 bits per heavy atom. The van der Waals surface area contributed by atoms with Gasteiger partial charge in [-0.05, 0) is 55.5 Å². The second-order valence-corrected chi connectivity index (χ2v) is 9.27. The van der Waals surface area contributed by atoms with Crippen molar-refractivity contribution in [3.63, 3.8) is 0 Å². The molecule has 1 saturated carbocycles. The van der Waals surface area contributed by atoms with Gasteiger partial charge in [-0.25, -0.2) is 9.37 Å². The van der Waals surface area contributed by atoms with Gasteiger partial charge in [-0.15, -0.1) is 0 Å². The van der Waals surface area contributed by atoms with Crippen LogP contribution in [0.3, 0.4) is 0 Å². The molecule has 3 heterocycles. The van der Waals surface area contributed by atoms with Crippen LogP contribution in [0.5, 0.6) is 0 Å². The van der Waals surface area contributed by atoms with Gasteiger partial charge in [-0.2, -0.15) is 0 Å². The summed E-state index contributed by atoms with van der Waals surface area (Å²) in [7, 11) is 0. The molecule has 0 radical (unpaired) electrons. The molecule has 0 bridgehead atoms. The Kier molecular flexibility index (Phi) is 5.50. The predicted molar refractivity (Wildman–Crippen MR) is 123 cm³/mol. The molecule has 3 aromatic rings. The molecule has 3 N–H and O–H groups in total. The maximum atomic E-state index is 14.5. The third-order valence-electron chi connectivity index (χ3n) is 7.02. The zero-order chi connectivity index (χ0) is 24.2. The topological polar surface area (TPSA) is 114 Å². The zero-order valence-corrected chi connectivity index (χ0v) is 19.0. The van der Waals surface area contributed by atoms with Gasteiger partial charge < -0.3 is 24.8 Å². The van der Waals surface area contributed by atoms with Crippen molar-refractivity contribution in [2.24, 2.45) is 0 Å². The van der Waals surface area contributed by atoms with Crippen molar-refractivity contribution >= 4 is 17.4 Å². The number of fused-ring (bicyclic) bond motifs is 4. The first-order valence-electron chi connectivity index (χ1n) is 11.3. The first-order chi connectivity index (χ1) is 16.3. The smallest absolute Gasteiger partial charge is 0.293 e. The normalized spacial score (nSPS) is 16.3. The number of pyridine rings is 2. The van der Waals surface area contributed by atoms with E-state index in [4.69, 9.17) is 9.72 Å².